The fraction of sp³-hybridized carbons (Fsp3) is 0.500. The first kappa shape index (κ1) is 34.7. The summed E-state index contributed by atoms with van der Waals surface area (Å²) in [6, 6.07) is 25.5. The first-order valence-electron chi connectivity index (χ1n) is 18.3. The van der Waals surface area contributed by atoms with Crippen molar-refractivity contribution in [3.63, 3.8) is 0 Å². The molecule has 3 aromatic rings. The van der Waals surface area contributed by atoms with Crippen LogP contribution >= 0.6 is 0 Å². The Morgan fingerprint density at radius 2 is 1.43 bits per heavy atom. The predicted octanol–water partition coefficient (Wildman–Crippen LogP) is 12.0. The normalized spacial score (nSPS) is 26.7. The van der Waals surface area contributed by atoms with Gasteiger partial charge in [-0.05, 0) is 90.1 Å². The molecule has 0 radical (unpaired) electrons. The molecule has 0 nitrogen and oxygen atoms in total. The topological polar surface area (TPSA) is 0 Å². The van der Waals surface area contributed by atoms with Gasteiger partial charge in [0.05, 0.1) is 0 Å². The summed E-state index contributed by atoms with van der Waals surface area (Å²) in [5, 5.41) is 0. The van der Waals surface area contributed by atoms with Crippen LogP contribution in [0.3, 0.4) is 0 Å². The van der Waals surface area contributed by atoms with E-state index in [2.05, 4.69) is 132 Å². The van der Waals surface area contributed by atoms with Crippen LogP contribution in [0.4, 0.5) is 0 Å². The van der Waals surface area contributed by atoms with E-state index in [9.17, 15) is 0 Å². The van der Waals surface area contributed by atoms with Gasteiger partial charge in [-0.1, -0.05) is 91.5 Å². The summed E-state index contributed by atoms with van der Waals surface area (Å²) >= 11 is 1.46. The average molecular weight is 700 g/mol. The van der Waals surface area contributed by atoms with Gasteiger partial charge in [0.25, 0.3) is 0 Å². The van der Waals surface area contributed by atoms with E-state index in [4.69, 9.17) is 0 Å². The molecule has 0 aliphatic heterocycles. The molecule has 1 atom stereocenters. The first-order chi connectivity index (χ1) is 22.2. The summed E-state index contributed by atoms with van der Waals surface area (Å²) in [5.41, 5.74) is 13.8. The van der Waals surface area contributed by atoms with Crippen LogP contribution in [0.2, 0.25) is 0 Å². The molecule has 1 heteroatoms. The van der Waals surface area contributed by atoms with E-state index in [0.717, 1.165) is 24.2 Å². The van der Waals surface area contributed by atoms with Crippen molar-refractivity contribution >= 4 is 3.71 Å². The molecule has 0 aromatic heterocycles. The van der Waals surface area contributed by atoms with E-state index in [1.54, 1.807) is 44.1 Å². The van der Waals surface area contributed by atoms with Crippen LogP contribution in [0, 0.1) is 41.2 Å². The molecule has 244 valence electrons. The predicted molar refractivity (Wildman–Crippen MR) is 197 cm³/mol. The van der Waals surface area contributed by atoms with E-state index in [1.165, 1.54) is 75.2 Å². The zero-order chi connectivity index (χ0) is 33.6. The van der Waals surface area contributed by atoms with Gasteiger partial charge in [0.2, 0.25) is 0 Å². The van der Waals surface area contributed by atoms with Crippen LogP contribution < -0.4 is 0 Å². The third kappa shape index (κ3) is 8.04. The Bertz CT molecular complexity index is 1550. The minimum absolute atomic E-state index is 0.167. The Hall–Kier alpha value is -2.11. The SMILES string of the molecule is CC(C)(C)c1[c-]c2c(cc1)-c1ccc(C(C)(C)C)cc1C2.CC1=[C-]C(C)C=C1CC12CC3CC(CC(C3)C1)C2.[Zr+2]=[CH]c1ccccc1. The van der Waals surface area contributed by atoms with Crippen molar-refractivity contribution in [3.05, 3.63) is 118 Å². The summed E-state index contributed by atoms with van der Waals surface area (Å²) in [5.74, 6) is 3.82. The van der Waals surface area contributed by atoms with E-state index < -0.39 is 0 Å². The third-order valence-electron chi connectivity index (χ3n) is 11.5. The zero-order valence-electron chi connectivity index (χ0n) is 30.4. The van der Waals surface area contributed by atoms with Crippen LogP contribution in [-0.2, 0) is 41.5 Å². The van der Waals surface area contributed by atoms with Gasteiger partial charge in [0.1, 0.15) is 0 Å². The Morgan fingerprint density at radius 1 is 0.809 bits per heavy atom. The first-order valence-corrected chi connectivity index (χ1v) is 19.7. The molecule has 3 aromatic carbocycles. The van der Waals surface area contributed by atoms with Crippen LogP contribution in [0.25, 0.3) is 11.1 Å². The Kier molecular flexibility index (Phi) is 10.1. The summed E-state index contributed by atoms with van der Waals surface area (Å²) in [6.45, 7) is 18.1. The van der Waals surface area contributed by atoms with E-state index in [-0.39, 0.29) is 10.8 Å². The molecule has 4 bridgehead atoms. The molecular weight excluding hydrogens is 644 g/mol. The minimum atomic E-state index is 0.167. The summed E-state index contributed by atoms with van der Waals surface area (Å²) in [7, 11) is 0. The summed E-state index contributed by atoms with van der Waals surface area (Å²) in [6.07, 6.45) is 17.8. The van der Waals surface area contributed by atoms with Gasteiger partial charge in [-0.3, -0.25) is 6.08 Å². The monoisotopic (exact) mass is 698 g/mol. The van der Waals surface area contributed by atoms with Gasteiger partial charge in [-0.25, -0.2) is 5.57 Å². The quantitative estimate of drug-likeness (QED) is 0.187. The van der Waals surface area contributed by atoms with Gasteiger partial charge in [0.15, 0.2) is 0 Å². The molecule has 6 aliphatic rings. The van der Waals surface area contributed by atoms with Gasteiger partial charge >= 0.3 is 63.8 Å². The van der Waals surface area contributed by atoms with Crippen molar-refractivity contribution in [3.8, 4) is 11.1 Å². The molecule has 0 heterocycles. The molecule has 6 aliphatic carbocycles. The van der Waals surface area contributed by atoms with Crippen LogP contribution in [0.1, 0.15) is 128 Å². The van der Waals surface area contributed by atoms with Crippen molar-refractivity contribution in [2.24, 2.45) is 29.1 Å². The van der Waals surface area contributed by atoms with Crippen LogP contribution in [0.5, 0.6) is 0 Å². The standard InChI is InChI=1S/C21H25.C18H25.C7H6.Zr/c1-20(2,3)16-7-9-18-14(12-16)11-15-13-17(21(4,5)6)8-10-19(15)18;1-12-3-13(2)17(4-12)11-18-8-14-5-15(9-18)7-16(6-14)10-18;1-7-5-3-2-4-6-7;/h7-10,12H,11H2,1-6H3;4,12,14-16H,5-11H2,1-2H3;1-6H;/q2*-1;;+2. The van der Waals surface area contributed by atoms with E-state index >= 15 is 0 Å². The third-order valence-corrected chi connectivity index (χ3v) is 12.4. The molecule has 4 fully saturated rings. The maximum atomic E-state index is 3.67. The van der Waals surface area contributed by atoms with Gasteiger partial charge in [0, 0.05) is 0 Å². The second kappa shape index (κ2) is 13.7. The van der Waals surface area contributed by atoms with Gasteiger partial charge in [-0.2, -0.15) is 35.4 Å². The fourth-order valence-corrected chi connectivity index (χ4v) is 10.1. The molecular formula is C46H56Zr. The molecule has 0 amide bonds. The number of benzene rings is 3. The average Bonchev–Trinajstić information content (AvgIpc) is 3.53. The zero-order valence-corrected chi connectivity index (χ0v) is 32.9. The summed E-state index contributed by atoms with van der Waals surface area (Å²) < 4.78 is 2.17. The maximum absolute atomic E-state index is 3.67. The fourth-order valence-electron chi connectivity index (χ4n) is 9.58. The number of hydrogen-bond donors (Lipinski definition) is 0. The van der Waals surface area contributed by atoms with E-state index in [0.29, 0.717) is 11.3 Å². The Morgan fingerprint density at radius 3 is 1.94 bits per heavy atom. The molecule has 0 spiro atoms. The van der Waals surface area contributed by atoms with Crippen molar-refractivity contribution in [2.75, 3.05) is 0 Å². The van der Waals surface area contributed by atoms with Gasteiger partial charge < -0.3 is 0 Å². The number of rotatable bonds is 3. The summed E-state index contributed by atoms with van der Waals surface area (Å²) in [4.78, 5) is 0. The molecule has 47 heavy (non-hydrogen) atoms. The van der Waals surface area contributed by atoms with Crippen molar-refractivity contribution < 1.29 is 24.2 Å². The molecule has 4 saturated carbocycles. The molecule has 1 unspecified atom stereocenters. The van der Waals surface area contributed by atoms with Crippen molar-refractivity contribution in [1.29, 1.82) is 0 Å². The Labute approximate surface area is 301 Å². The van der Waals surface area contributed by atoms with Crippen molar-refractivity contribution in [1.82, 2.24) is 0 Å². The molecule has 9 rings (SSSR count). The van der Waals surface area contributed by atoms with Crippen LogP contribution in [-0.4, -0.2) is 3.71 Å². The van der Waals surface area contributed by atoms with Crippen molar-refractivity contribution in [2.45, 2.75) is 118 Å². The second-order valence-electron chi connectivity index (χ2n) is 17.7. The number of fused-ring (bicyclic) bond motifs is 3. The number of hydrogen-bond acceptors (Lipinski definition) is 0. The Balaban J connectivity index is 0.000000135. The molecule has 0 saturated heterocycles. The molecule has 0 N–H and O–H groups in total. The van der Waals surface area contributed by atoms with E-state index in [1.807, 2.05) is 6.07 Å². The van der Waals surface area contributed by atoms with Gasteiger partial charge in [-0.15, -0.1) is 11.1 Å². The van der Waals surface area contributed by atoms with Crippen LogP contribution in [0.15, 0.2) is 77.9 Å². The second-order valence-corrected chi connectivity index (χ2v) is 18.4. The number of allylic oxidation sites excluding steroid dienone is 4.